The molecule has 1 N–H and O–H groups in total. The Morgan fingerprint density at radius 1 is 0.966 bits per heavy atom. The van der Waals surface area contributed by atoms with Crippen molar-refractivity contribution in [2.75, 3.05) is 22.4 Å². The van der Waals surface area contributed by atoms with Crippen LogP contribution in [-0.2, 0) is 14.8 Å². The van der Waals surface area contributed by atoms with Crippen LogP contribution in [0.3, 0.4) is 0 Å². The normalized spacial score (nSPS) is 11.0. The van der Waals surface area contributed by atoms with E-state index in [0.29, 0.717) is 17.2 Å². The molecule has 0 atom stereocenters. The fraction of sp³-hybridized carbons (Fsp3) is 0.0952. The number of rotatable bonds is 7. The van der Waals surface area contributed by atoms with E-state index in [2.05, 4.69) is 21.2 Å². The van der Waals surface area contributed by atoms with E-state index in [-0.39, 0.29) is 12.2 Å². The van der Waals surface area contributed by atoms with E-state index in [1.807, 2.05) is 18.2 Å². The first-order valence-corrected chi connectivity index (χ1v) is 11.3. The van der Waals surface area contributed by atoms with Crippen molar-refractivity contribution in [1.82, 2.24) is 0 Å². The number of amides is 1. The van der Waals surface area contributed by atoms with E-state index in [9.17, 15) is 13.2 Å². The molecule has 0 spiro atoms. The molecular formula is C21H19BrN2O4S. The van der Waals surface area contributed by atoms with Gasteiger partial charge in [-0.1, -0.05) is 46.3 Å². The number of carbonyl (C=O) groups excluding carboxylic acids is 1. The zero-order chi connectivity index (χ0) is 20.9. The Kier molecular flexibility index (Phi) is 6.56. The number of hydrogen-bond donors (Lipinski definition) is 1. The molecule has 0 aliphatic carbocycles. The third kappa shape index (κ3) is 5.82. The Morgan fingerprint density at radius 2 is 1.59 bits per heavy atom. The lowest BCUT2D eigenvalue weighted by Crippen LogP contribution is -2.37. The number of para-hydroxylation sites is 3. The molecule has 0 radical (unpaired) electrons. The number of benzene rings is 3. The fourth-order valence-electron chi connectivity index (χ4n) is 2.61. The molecule has 0 unspecified atom stereocenters. The minimum absolute atomic E-state index is 0.282. The van der Waals surface area contributed by atoms with Crippen LogP contribution < -0.4 is 14.4 Å². The van der Waals surface area contributed by atoms with Gasteiger partial charge in [0.1, 0.15) is 12.3 Å². The second kappa shape index (κ2) is 9.11. The molecule has 150 valence electrons. The van der Waals surface area contributed by atoms with Crippen molar-refractivity contribution in [3.8, 4) is 11.5 Å². The number of nitrogens with zero attached hydrogens (tertiary/aromatic N) is 1. The van der Waals surface area contributed by atoms with E-state index < -0.39 is 15.9 Å². The molecule has 8 heteroatoms. The molecule has 0 saturated heterocycles. The van der Waals surface area contributed by atoms with Crippen LogP contribution in [0, 0.1) is 0 Å². The zero-order valence-electron chi connectivity index (χ0n) is 15.6. The lowest BCUT2D eigenvalue weighted by molar-refractivity contribution is -0.114. The molecule has 1 amide bonds. The van der Waals surface area contributed by atoms with Crippen LogP contribution in [0.5, 0.6) is 11.5 Å². The molecule has 0 heterocycles. The van der Waals surface area contributed by atoms with Crippen molar-refractivity contribution in [2.24, 2.45) is 0 Å². The number of sulfonamides is 1. The summed E-state index contributed by atoms with van der Waals surface area (Å²) in [6, 6.07) is 22.7. The number of hydrogen-bond acceptors (Lipinski definition) is 4. The first-order valence-electron chi connectivity index (χ1n) is 8.68. The lowest BCUT2D eigenvalue weighted by atomic mass is 10.2. The van der Waals surface area contributed by atoms with Crippen molar-refractivity contribution < 1.29 is 17.9 Å². The zero-order valence-corrected chi connectivity index (χ0v) is 18.0. The maximum atomic E-state index is 12.5. The predicted octanol–water partition coefficient (Wildman–Crippen LogP) is 4.65. The van der Waals surface area contributed by atoms with E-state index >= 15 is 0 Å². The number of nitrogens with one attached hydrogen (secondary N) is 1. The van der Waals surface area contributed by atoms with Gasteiger partial charge in [-0.05, 0) is 48.5 Å². The second-order valence-electron chi connectivity index (χ2n) is 6.21. The highest BCUT2D eigenvalue weighted by atomic mass is 79.9. The van der Waals surface area contributed by atoms with Gasteiger partial charge in [-0.25, -0.2) is 8.42 Å². The largest absolute Gasteiger partial charge is 0.455 e. The summed E-state index contributed by atoms with van der Waals surface area (Å²) in [4.78, 5) is 12.5. The highest BCUT2D eigenvalue weighted by molar-refractivity contribution is 9.10. The van der Waals surface area contributed by atoms with Gasteiger partial charge in [0, 0.05) is 10.2 Å². The van der Waals surface area contributed by atoms with Gasteiger partial charge in [0.2, 0.25) is 15.9 Å². The molecule has 6 nitrogen and oxygen atoms in total. The minimum Gasteiger partial charge on any atom is -0.455 e. The number of ether oxygens (including phenoxy) is 1. The molecule has 0 fully saturated rings. The van der Waals surface area contributed by atoms with Crippen molar-refractivity contribution in [3.05, 3.63) is 83.3 Å². The SMILES string of the molecule is CS(=O)(=O)N(CC(=O)Nc1ccc(Br)cc1)c1ccccc1Oc1ccccc1. The van der Waals surface area contributed by atoms with Crippen molar-refractivity contribution in [3.63, 3.8) is 0 Å². The molecule has 0 aliphatic heterocycles. The van der Waals surface area contributed by atoms with Crippen LogP contribution in [-0.4, -0.2) is 27.1 Å². The predicted molar refractivity (Wildman–Crippen MR) is 118 cm³/mol. The van der Waals surface area contributed by atoms with Crippen molar-refractivity contribution in [1.29, 1.82) is 0 Å². The average Bonchev–Trinajstić information content (AvgIpc) is 2.69. The summed E-state index contributed by atoms with van der Waals surface area (Å²) in [5.41, 5.74) is 0.852. The number of halogens is 1. The van der Waals surface area contributed by atoms with Gasteiger partial charge in [0.25, 0.3) is 0 Å². The molecular weight excluding hydrogens is 456 g/mol. The van der Waals surface area contributed by atoms with Gasteiger partial charge in [0.15, 0.2) is 5.75 Å². The average molecular weight is 475 g/mol. The first kappa shape index (κ1) is 20.9. The van der Waals surface area contributed by atoms with E-state index in [1.165, 1.54) is 0 Å². The Balaban J connectivity index is 1.86. The van der Waals surface area contributed by atoms with Crippen LogP contribution in [0.25, 0.3) is 0 Å². The third-order valence-corrected chi connectivity index (χ3v) is 5.58. The monoisotopic (exact) mass is 474 g/mol. The number of anilines is 2. The Morgan fingerprint density at radius 3 is 2.24 bits per heavy atom. The maximum absolute atomic E-state index is 12.5. The molecule has 0 saturated carbocycles. The first-order chi connectivity index (χ1) is 13.8. The van der Waals surface area contributed by atoms with Gasteiger partial charge >= 0.3 is 0 Å². The second-order valence-corrected chi connectivity index (χ2v) is 9.03. The summed E-state index contributed by atoms with van der Waals surface area (Å²) in [5, 5.41) is 2.70. The molecule has 3 rings (SSSR count). The topological polar surface area (TPSA) is 75.7 Å². The van der Waals surface area contributed by atoms with Crippen molar-refractivity contribution in [2.45, 2.75) is 0 Å². The van der Waals surface area contributed by atoms with Gasteiger partial charge in [-0.2, -0.15) is 0 Å². The standard InChI is InChI=1S/C21H19BrN2O4S/c1-29(26,27)24(15-21(25)23-17-13-11-16(22)12-14-17)19-9-5-6-10-20(19)28-18-7-3-2-4-8-18/h2-14H,15H2,1H3,(H,23,25). The number of carbonyl (C=O) groups is 1. The van der Waals surface area contributed by atoms with Crippen LogP contribution in [0.1, 0.15) is 0 Å². The van der Waals surface area contributed by atoms with E-state index in [1.54, 1.807) is 60.7 Å². The molecule has 0 aromatic heterocycles. The minimum atomic E-state index is -3.74. The Labute approximate surface area is 178 Å². The van der Waals surface area contributed by atoms with E-state index in [0.717, 1.165) is 15.0 Å². The third-order valence-electron chi connectivity index (χ3n) is 3.92. The quantitative estimate of drug-likeness (QED) is 0.540. The van der Waals surface area contributed by atoms with Gasteiger partial charge in [0.05, 0.1) is 11.9 Å². The van der Waals surface area contributed by atoms with Gasteiger partial charge < -0.3 is 10.1 Å². The summed E-state index contributed by atoms with van der Waals surface area (Å²) in [6.07, 6.45) is 1.05. The van der Waals surface area contributed by atoms with Crippen LogP contribution >= 0.6 is 15.9 Å². The summed E-state index contributed by atoms with van der Waals surface area (Å²) < 4.78 is 32.7. The van der Waals surface area contributed by atoms with E-state index in [4.69, 9.17) is 4.74 Å². The summed E-state index contributed by atoms with van der Waals surface area (Å²) in [5.74, 6) is 0.431. The van der Waals surface area contributed by atoms with Gasteiger partial charge in [-0.3, -0.25) is 9.10 Å². The van der Waals surface area contributed by atoms with Gasteiger partial charge in [-0.15, -0.1) is 0 Å². The summed E-state index contributed by atoms with van der Waals surface area (Å²) in [7, 11) is -3.74. The fourth-order valence-corrected chi connectivity index (χ4v) is 3.73. The van der Waals surface area contributed by atoms with Crippen LogP contribution in [0.4, 0.5) is 11.4 Å². The highest BCUT2D eigenvalue weighted by Gasteiger charge is 2.24. The highest BCUT2D eigenvalue weighted by Crippen LogP contribution is 2.33. The molecule has 3 aromatic rings. The summed E-state index contributed by atoms with van der Waals surface area (Å²) >= 11 is 3.33. The molecule has 0 aliphatic rings. The molecule has 3 aromatic carbocycles. The Bertz CT molecular complexity index is 1090. The lowest BCUT2D eigenvalue weighted by Gasteiger charge is -2.24. The maximum Gasteiger partial charge on any atom is 0.245 e. The summed E-state index contributed by atoms with van der Waals surface area (Å²) in [6.45, 7) is -0.385. The molecule has 0 bridgehead atoms. The smallest absolute Gasteiger partial charge is 0.245 e. The molecule has 29 heavy (non-hydrogen) atoms. The van der Waals surface area contributed by atoms with Crippen molar-refractivity contribution >= 4 is 43.2 Å². The van der Waals surface area contributed by atoms with Crippen LogP contribution in [0.2, 0.25) is 0 Å². The Hall–Kier alpha value is -2.84. The van der Waals surface area contributed by atoms with Crippen LogP contribution in [0.15, 0.2) is 83.3 Å².